The van der Waals surface area contributed by atoms with E-state index in [4.69, 9.17) is 0 Å². The van der Waals surface area contributed by atoms with Crippen LogP contribution < -0.4 is 5.32 Å². The molecular weight excluding hydrogens is 314 g/mol. The van der Waals surface area contributed by atoms with Crippen LogP contribution in [0.15, 0.2) is 17.4 Å². The molecule has 1 fully saturated rings. The zero-order chi connectivity index (χ0) is 18.4. The third-order valence-electron chi connectivity index (χ3n) is 5.00. The van der Waals surface area contributed by atoms with Crippen molar-refractivity contribution in [2.24, 2.45) is 18.0 Å². The van der Waals surface area contributed by atoms with E-state index in [1.807, 2.05) is 31.2 Å². The number of piperazine rings is 1. The minimum atomic E-state index is 0.525. The summed E-state index contributed by atoms with van der Waals surface area (Å²) < 4.78 is 1.83. The average Bonchev–Trinajstić information content (AvgIpc) is 2.97. The Balaban J connectivity index is 1.90. The normalized spacial score (nSPS) is 18.6. The first-order chi connectivity index (χ1) is 11.9. The Kier molecular flexibility index (Phi) is 7.25. The molecule has 0 radical (unpaired) electrons. The molecule has 25 heavy (non-hydrogen) atoms. The van der Waals surface area contributed by atoms with E-state index in [9.17, 15) is 0 Å². The van der Waals surface area contributed by atoms with Crippen LogP contribution in [-0.4, -0.2) is 90.3 Å². The Hall–Kier alpha value is -1.60. The molecule has 1 atom stereocenters. The molecule has 1 aliphatic heterocycles. The quantitative estimate of drug-likeness (QED) is 0.605. The molecule has 0 aromatic carbocycles. The topological polar surface area (TPSA) is 51.9 Å². The zero-order valence-corrected chi connectivity index (χ0v) is 16.7. The number of aryl methyl sites for hydroxylation is 1. The Labute approximate surface area is 152 Å². The SMILES string of the molecule is CN=C(NC[C@@H](C(C)C)N1CCN(C)CC1)N(C)Cc1cnn(C)c1. The van der Waals surface area contributed by atoms with Crippen molar-refractivity contribution in [2.75, 3.05) is 53.9 Å². The van der Waals surface area contributed by atoms with Gasteiger partial charge < -0.3 is 15.1 Å². The lowest BCUT2D eigenvalue weighted by atomic mass is 10.0. The highest BCUT2D eigenvalue weighted by molar-refractivity contribution is 5.79. The van der Waals surface area contributed by atoms with Gasteiger partial charge in [0.1, 0.15) is 0 Å². The fraction of sp³-hybridized carbons (Fsp3) is 0.778. The standard InChI is InChI=1S/C18H35N7/c1-15(2)17(25-9-7-22(4)8-10-25)12-20-18(19-3)23(5)13-16-11-21-24(6)14-16/h11,14-15,17H,7-10,12-13H2,1-6H3,(H,19,20)/t17-/m0/s1. The Bertz CT molecular complexity index is 543. The van der Waals surface area contributed by atoms with Crippen LogP contribution in [0.2, 0.25) is 0 Å². The van der Waals surface area contributed by atoms with Crippen molar-refractivity contribution < 1.29 is 0 Å². The van der Waals surface area contributed by atoms with Gasteiger partial charge in [-0.1, -0.05) is 13.8 Å². The lowest BCUT2D eigenvalue weighted by Crippen LogP contribution is -2.55. The third-order valence-corrected chi connectivity index (χ3v) is 5.00. The number of hydrogen-bond acceptors (Lipinski definition) is 4. The smallest absolute Gasteiger partial charge is 0.193 e. The first-order valence-corrected chi connectivity index (χ1v) is 9.22. The van der Waals surface area contributed by atoms with Crippen LogP contribution in [0.1, 0.15) is 19.4 Å². The first-order valence-electron chi connectivity index (χ1n) is 9.22. The second-order valence-electron chi connectivity index (χ2n) is 7.46. The molecule has 7 nitrogen and oxygen atoms in total. The van der Waals surface area contributed by atoms with Crippen LogP contribution in [0.4, 0.5) is 0 Å². The number of hydrogen-bond donors (Lipinski definition) is 1. The molecule has 0 saturated carbocycles. The van der Waals surface area contributed by atoms with E-state index in [-0.39, 0.29) is 0 Å². The molecule has 7 heteroatoms. The summed E-state index contributed by atoms with van der Waals surface area (Å²) in [5.41, 5.74) is 1.19. The average molecular weight is 350 g/mol. The molecule has 1 aromatic rings. The van der Waals surface area contributed by atoms with Gasteiger partial charge in [-0.05, 0) is 13.0 Å². The van der Waals surface area contributed by atoms with Crippen LogP contribution in [-0.2, 0) is 13.6 Å². The molecule has 0 aliphatic carbocycles. The summed E-state index contributed by atoms with van der Waals surface area (Å²) in [5, 5.41) is 7.82. The number of aromatic nitrogens is 2. The molecule has 1 saturated heterocycles. The Morgan fingerprint density at radius 1 is 1.28 bits per heavy atom. The van der Waals surface area contributed by atoms with E-state index in [1.165, 1.54) is 5.56 Å². The summed E-state index contributed by atoms with van der Waals surface area (Å²) in [5.74, 6) is 1.54. The zero-order valence-electron chi connectivity index (χ0n) is 16.7. The lowest BCUT2D eigenvalue weighted by Gasteiger charge is -2.40. The number of aliphatic imine (C=N–C) groups is 1. The highest BCUT2D eigenvalue weighted by Gasteiger charge is 2.25. The number of nitrogens with zero attached hydrogens (tertiary/aromatic N) is 6. The predicted octanol–water partition coefficient (Wildman–Crippen LogP) is 0.699. The van der Waals surface area contributed by atoms with E-state index < -0.39 is 0 Å². The van der Waals surface area contributed by atoms with Crippen LogP contribution in [0.3, 0.4) is 0 Å². The van der Waals surface area contributed by atoms with Crippen molar-refractivity contribution in [1.82, 2.24) is 29.8 Å². The summed E-state index contributed by atoms with van der Waals surface area (Å²) in [6.07, 6.45) is 3.95. The summed E-state index contributed by atoms with van der Waals surface area (Å²) in [6, 6.07) is 0.525. The molecule has 2 rings (SSSR count). The highest BCUT2D eigenvalue weighted by atomic mass is 15.3. The van der Waals surface area contributed by atoms with Crippen molar-refractivity contribution in [3.8, 4) is 0 Å². The molecule has 0 unspecified atom stereocenters. The number of rotatable bonds is 6. The second-order valence-corrected chi connectivity index (χ2v) is 7.46. The van der Waals surface area contributed by atoms with Crippen LogP contribution in [0.25, 0.3) is 0 Å². The van der Waals surface area contributed by atoms with Gasteiger partial charge in [-0.3, -0.25) is 14.6 Å². The van der Waals surface area contributed by atoms with Crippen molar-refractivity contribution in [3.63, 3.8) is 0 Å². The first kappa shape index (κ1) is 19.7. The van der Waals surface area contributed by atoms with Crippen molar-refractivity contribution in [1.29, 1.82) is 0 Å². The van der Waals surface area contributed by atoms with Crippen molar-refractivity contribution in [2.45, 2.75) is 26.4 Å². The van der Waals surface area contributed by atoms with Gasteiger partial charge in [0.15, 0.2) is 5.96 Å². The van der Waals surface area contributed by atoms with Crippen molar-refractivity contribution >= 4 is 5.96 Å². The van der Waals surface area contributed by atoms with E-state index in [0.717, 1.165) is 45.2 Å². The van der Waals surface area contributed by atoms with Crippen molar-refractivity contribution in [3.05, 3.63) is 18.0 Å². The maximum Gasteiger partial charge on any atom is 0.193 e. The highest BCUT2D eigenvalue weighted by Crippen LogP contribution is 2.13. The second kappa shape index (κ2) is 9.20. The maximum atomic E-state index is 4.46. The summed E-state index contributed by atoms with van der Waals surface area (Å²) in [6.45, 7) is 10.9. The van der Waals surface area contributed by atoms with Gasteiger partial charge in [-0.25, -0.2) is 0 Å². The van der Waals surface area contributed by atoms with Gasteiger partial charge in [0.2, 0.25) is 0 Å². The monoisotopic (exact) mass is 349 g/mol. The van der Waals surface area contributed by atoms with Crippen LogP contribution >= 0.6 is 0 Å². The van der Waals surface area contributed by atoms with Gasteiger partial charge >= 0.3 is 0 Å². The Morgan fingerprint density at radius 2 is 1.96 bits per heavy atom. The van der Waals surface area contributed by atoms with Crippen LogP contribution in [0.5, 0.6) is 0 Å². The van der Waals surface area contributed by atoms with Gasteiger partial charge in [0, 0.05) is 78.2 Å². The lowest BCUT2D eigenvalue weighted by molar-refractivity contribution is 0.0897. The summed E-state index contributed by atoms with van der Waals surface area (Å²) in [7, 11) is 8.07. The minimum Gasteiger partial charge on any atom is -0.355 e. The molecule has 2 heterocycles. The molecule has 142 valence electrons. The summed E-state index contributed by atoms with van der Waals surface area (Å²) in [4.78, 5) is 11.6. The molecule has 1 N–H and O–H groups in total. The van der Waals surface area contributed by atoms with Gasteiger partial charge in [-0.2, -0.15) is 5.10 Å². The largest absolute Gasteiger partial charge is 0.355 e. The number of nitrogens with one attached hydrogen (secondary N) is 1. The Morgan fingerprint density at radius 3 is 2.48 bits per heavy atom. The van der Waals surface area contributed by atoms with E-state index in [0.29, 0.717) is 12.0 Å². The molecule has 0 bridgehead atoms. The van der Waals surface area contributed by atoms with Gasteiger partial charge in [0.25, 0.3) is 0 Å². The van der Waals surface area contributed by atoms with Gasteiger partial charge in [0.05, 0.1) is 6.20 Å². The molecule has 0 amide bonds. The van der Waals surface area contributed by atoms with E-state index >= 15 is 0 Å². The third kappa shape index (κ3) is 5.71. The molecular formula is C18H35N7. The van der Waals surface area contributed by atoms with Gasteiger partial charge in [-0.15, -0.1) is 0 Å². The number of guanidine groups is 1. The molecule has 1 aliphatic rings. The fourth-order valence-corrected chi connectivity index (χ4v) is 3.42. The summed E-state index contributed by atoms with van der Waals surface area (Å²) >= 11 is 0. The molecule has 0 spiro atoms. The molecule has 1 aromatic heterocycles. The van der Waals surface area contributed by atoms with E-state index in [1.54, 1.807) is 0 Å². The number of likely N-dealkylation sites (N-methyl/N-ethyl adjacent to an activating group) is 1. The fourth-order valence-electron chi connectivity index (χ4n) is 3.42. The van der Waals surface area contributed by atoms with Crippen LogP contribution in [0, 0.1) is 5.92 Å². The predicted molar refractivity (Wildman–Crippen MR) is 104 cm³/mol. The maximum absolute atomic E-state index is 4.46. The minimum absolute atomic E-state index is 0.525. The van der Waals surface area contributed by atoms with E-state index in [2.05, 4.69) is 58.1 Å².